The van der Waals surface area contributed by atoms with Crippen LogP contribution in [0, 0.1) is 17.8 Å². The molecule has 0 saturated heterocycles. The van der Waals surface area contributed by atoms with Crippen LogP contribution in [0.4, 0.5) is 0 Å². The van der Waals surface area contributed by atoms with E-state index in [1.165, 1.54) is 65.0 Å². The van der Waals surface area contributed by atoms with Gasteiger partial charge in [0.1, 0.15) is 7.28 Å². The number of rotatable bonds is 4. The molecule has 0 N–H and O–H groups in total. The molecule has 0 aromatic carbocycles. The highest BCUT2D eigenvalue weighted by Gasteiger charge is 2.29. The van der Waals surface area contributed by atoms with Gasteiger partial charge in [0.15, 0.2) is 0 Å². The first-order valence-corrected chi connectivity index (χ1v) is 7.96. The Balaban J connectivity index is 1.72. The van der Waals surface area contributed by atoms with Crippen molar-refractivity contribution in [1.29, 1.82) is 0 Å². The van der Waals surface area contributed by atoms with E-state index in [1.54, 1.807) is 0 Å². The van der Waals surface area contributed by atoms with Gasteiger partial charge in [-0.1, -0.05) is 50.8 Å². The standard InChI is InChI=1S/C16H29B/c1-3-13-5-7-14(8-6-13)15-9-11-16(12-10-15)17-4-2/h3,13-17H,1,4-12H2,2H3. The van der Waals surface area contributed by atoms with Gasteiger partial charge in [-0.2, -0.15) is 0 Å². The summed E-state index contributed by atoms with van der Waals surface area (Å²) in [4.78, 5) is 0. The predicted molar refractivity (Wildman–Crippen MR) is 79.0 cm³/mol. The van der Waals surface area contributed by atoms with Gasteiger partial charge in [0.2, 0.25) is 0 Å². The molecule has 2 fully saturated rings. The van der Waals surface area contributed by atoms with Gasteiger partial charge in [-0.05, 0) is 43.4 Å². The van der Waals surface area contributed by atoms with Gasteiger partial charge in [-0.25, -0.2) is 0 Å². The first-order chi connectivity index (χ1) is 8.33. The second-order valence-electron chi connectivity index (χ2n) is 6.48. The molecular formula is C16H29B. The third kappa shape index (κ3) is 3.63. The highest BCUT2D eigenvalue weighted by atomic mass is 14.3. The Morgan fingerprint density at radius 2 is 1.47 bits per heavy atom. The Hall–Kier alpha value is -0.195. The van der Waals surface area contributed by atoms with Gasteiger partial charge in [-0.15, -0.1) is 6.58 Å². The van der Waals surface area contributed by atoms with Crippen LogP contribution in [-0.4, -0.2) is 7.28 Å². The quantitative estimate of drug-likeness (QED) is 0.481. The van der Waals surface area contributed by atoms with Gasteiger partial charge in [0, 0.05) is 0 Å². The summed E-state index contributed by atoms with van der Waals surface area (Å²) in [6.07, 6.45) is 15.5. The number of hydrogen-bond donors (Lipinski definition) is 0. The van der Waals surface area contributed by atoms with Gasteiger partial charge in [-0.3, -0.25) is 0 Å². The SMILES string of the molecule is C=CC1CCC(C2CCC(BCC)CC2)CC1. The third-order valence-electron chi connectivity index (χ3n) is 5.40. The molecule has 0 bridgehead atoms. The van der Waals surface area contributed by atoms with Crippen LogP contribution < -0.4 is 0 Å². The molecule has 96 valence electrons. The van der Waals surface area contributed by atoms with Crippen molar-refractivity contribution in [2.24, 2.45) is 17.8 Å². The van der Waals surface area contributed by atoms with Gasteiger partial charge < -0.3 is 0 Å². The van der Waals surface area contributed by atoms with Crippen LogP contribution in [0.2, 0.25) is 12.1 Å². The van der Waals surface area contributed by atoms with Gasteiger partial charge in [0.25, 0.3) is 0 Å². The first-order valence-electron chi connectivity index (χ1n) is 7.96. The highest BCUT2D eigenvalue weighted by Crippen LogP contribution is 2.42. The van der Waals surface area contributed by atoms with Crippen LogP contribution in [0.1, 0.15) is 58.3 Å². The lowest BCUT2D eigenvalue weighted by molar-refractivity contribution is 0.180. The molecule has 17 heavy (non-hydrogen) atoms. The minimum atomic E-state index is 0.836. The van der Waals surface area contributed by atoms with Crippen molar-refractivity contribution in [3.05, 3.63) is 12.7 Å². The van der Waals surface area contributed by atoms with E-state index in [4.69, 9.17) is 0 Å². The van der Waals surface area contributed by atoms with Gasteiger partial charge in [0.05, 0.1) is 0 Å². The molecule has 2 aliphatic rings. The molecular weight excluding hydrogens is 203 g/mol. The molecule has 0 aromatic rings. The molecule has 0 heterocycles. The summed E-state index contributed by atoms with van der Waals surface area (Å²) in [6.45, 7) is 6.29. The monoisotopic (exact) mass is 232 g/mol. The van der Waals surface area contributed by atoms with E-state index in [1.807, 2.05) is 0 Å². The molecule has 0 unspecified atom stereocenters. The molecule has 0 nitrogen and oxygen atoms in total. The summed E-state index contributed by atoms with van der Waals surface area (Å²) in [7, 11) is 1.48. The molecule has 0 amide bonds. The molecule has 0 spiro atoms. The largest absolute Gasteiger partial charge is 0.123 e. The lowest BCUT2D eigenvalue weighted by Crippen LogP contribution is -2.25. The summed E-state index contributed by atoms with van der Waals surface area (Å²) in [5, 5.41) is 0. The smallest absolute Gasteiger partial charge is 0.103 e. The fourth-order valence-corrected chi connectivity index (χ4v) is 4.21. The summed E-state index contributed by atoms with van der Waals surface area (Å²) < 4.78 is 0. The fourth-order valence-electron chi connectivity index (χ4n) is 4.21. The number of allylic oxidation sites excluding steroid dienone is 1. The second-order valence-corrected chi connectivity index (χ2v) is 6.48. The Morgan fingerprint density at radius 3 is 1.94 bits per heavy atom. The number of hydrogen-bond acceptors (Lipinski definition) is 0. The van der Waals surface area contributed by atoms with Crippen LogP contribution in [0.3, 0.4) is 0 Å². The van der Waals surface area contributed by atoms with Crippen LogP contribution in [0.25, 0.3) is 0 Å². The lowest BCUT2D eigenvalue weighted by Gasteiger charge is -2.37. The van der Waals surface area contributed by atoms with Crippen LogP contribution in [0.15, 0.2) is 12.7 Å². The molecule has 2 aliphatic carbocycles. The van der Waals surface area contributed by atoms with E-state index < -0.39 is 0 Å². The fraction of sp³-hybridized carbons (Fsp3) is 0.875. The van der Waals surface area contributed by atoms with Gasteiger partial charge >= 0.3 is 0 Å². The van der Waals surface area contributed by atoms with Crippen molar-refractivity contribution >= 4 is 7.28 Å². The average Bonchev–Trinajstić information content (AvgIpc) is 2.40. The van der Waals surface area contributed by atoms with E-state index in [-0.39, 0.29) is 0 Å². The zero-order valence-corrected chi connectivity index (χ0v) is 11.7. The van der Waals surface area contributed by atoms with E-state index in [0.29, 0.717) is 0 Å². The summed E-state index contributed by atoms with van der Waals surface area (Å²) >= 11 is 0. The molecule has 2 saturated carbocycles. The third-order valence-corrected chi connectivity index (χ3v) is 5.40. The van der Waals surface area contributed by atoms with Crippen molar-refractivity contribution < 1.29 is 0 Å². The van der Waals surface area contributed by atoms with E-state index in [9.17, 15) is 0 Å². The Bertz CT molecular complexity index is 220. The van der Waals surface area contributed by atoms with Crippen LogP contribution in [0.5, 0.6) is 0 Å². The average molecular weight is 232 g/mol. The minimum Gasteiger partial charge on any atom is -0.103 e. The molecule has 0 aliphatic heterocycles. The van der Waals surface area contributed by atoms with Crippen molar-refractivity contribution in [3.8, 4) is 0 Å². The maximum atomic E-state index is 3.95. The Morgan fingerprint density at radius 1 is 0.941 bits per heavy atom. The molecule has 1 heteroatoms. The zero-order chi connectivity index (χ0) is 12.1. The van der Waals surface area contributed by atoms with E-state index in [2.05, 4.69) is 19.6 Å². The maximum absolute atomic E-state index is 3.95. The van der Waals surface area contributed by atoms with E-state index >= 15 is 0 Å². The van der Waals surface area contributed by atoms with Crippen molar-refractivity contribution in [2.45, 2.75) is 70.4 Å². The Kier molecular flexibility index (Phi) is 5.19. The summed E-state index contributed by atoms with van der Waals surface area (Å²) in [5.41, 5.74) is 0. The predicted octanol–water partition coefficient (Wildman–Crippen LogP) is 4.83. The summed E-state index contributed by atoms with van der Waals surface area (Å²) in [5.74, 6) is 4.05. The van der Waals surface area contributed by atoms with Crippen molar-refractivity contribution in [3.63, 3.8) is 0 Å². The summed E-state index contributed by atoms with van der Waals surface area (Å²) in [6, 6.07) is 0. The van der Waals surface area contributed by atoms with E-state index in [0.717, 1.165) is 23.6 Å². The molecule has 0 radical (unpaired) electrons. The second kappa shape index (κ2) is 6.66. The highest BCUT2D eigenvalue weighted by molar-refractivity contribution is 6.37. The van der Waals surface area contributed by atoms with Crippen molar-refractivity contribution in [1.82, 2.24) is 0 Å². The maximum Gasteiger partial charge on any atom is 0.123 e. The Labute approximate surface area is 108 Å². The first kappa shape index (κ1) is 13.2. The topological polar surface area (TPSA) is 0 Å². The molecule has 0 aromatic heterocycles. The van der Waals surface area contributed by atoms with Crippen LogP contribution >= 0.6 is 0 Å². The van der Waals surface area contributed by atoms with Crippen LogP contribution in [-0.2, 0) is 0 Å². The zero-order valence-electron chi connectivity index (χ0n) is 11.7. The minimum absolute atomic E-state index is 0.836. The lowest BCUT2D eigenvalue weighted by atomic mass is 9.55. The van der Waals surface area contributed by atoms with Crippen molar-refractivity contribution in [2.75, 3.05) is 0 Å². The molecule has 2 rings (SSSR count). The normalized spacial score (nSPS) is 38.6. The molecule has 0 atom stereocenters.